The van der Waals surface area contributed by atoms with Crippen molar-refractivity contribution in [2.45, 2.75) is 0 Å². The predicted molar refractivity (Wildman–Crippen MR) is 110 cm³/mol. The monoisotopic (exact) mass is 370 g/mol. The van der Waals surface area contributed by atoms with Crippen molar-refractivity contribution < 1.29 is 14.3 Å². The predicted octanol–water partition coefficient (Wildman–Crippen LogP) is 4.44. The van der Waals surface area contributed by atoms with Crippen LogP contribution in [0.15, 0.2) is 72.8 Å². The average Bonchev–Trinajstić information content (AvgIpc) is 3.03. The molecular formula is C23H18N2O3. The van der Waals surface area contributed by atoms with E-state index in [2.05, 4.69) is 10.6 Å². The number of anilines is 2. The van der Waals surface area contributed by atoms with Gasteiger partial charge in [-0.1, -0.05) is 30.3 Å². The number of amides is 2. The fourth-order valence-corrected chi connectivity index (χ4v) is 3.10. The van der Waals surface area contributed by atoms with E-state index in [1.54, 1.807) is 31.4 Å². The van der Waals surface area contributed by atoms with E-state index >= 15 is 0 Å². The summed E-state index contributed by atoms with van der Waals surface area (Å²) in [5, 5.41) is 5.74. The molecule has 1 aliphatic heterocycles. The molecule has 1 aliphatic rings. The van der Waals surface area contributed by atoms with Crippen molar-refractivity contribution in [1.82, 2.24) is 0 Å². The van der Waals surface area contributed by atoms with Crippen molar-refractivity contribution in [3.8, 4) is 5.75 Å². The smallest absolute Gasteiger partial charge is 0.256 e. The third kappa shape index (κ3) is 3.50. The van der Waals surface area contributed by atoms with Gasteiger partial charge in [0, 0.05) is 28.1 Å². The van der Waals surface area contributed by atoms with Gasteiger partial charge in [-0.15, -0.1) is 0 Å². The molecule has 28 heavy (non-hydrogen) atoms. The van der Waals surface area contributed by atoms with Gasteiger partial charge in [0.25, 0.3) is 11.8 Å². The summed E-state index contributed by atoms with van der Waals surface area (Å²) in [7, 11) is 1.58. The van der Waals surface area contributed by atoms with Crippen molar-refractivity contribution in [2.24, 2.45) is 0 Å². The molecule has 0 atom stereocenters. The molecule has 3 aromatic carbocycles. The minimum Gasteiger partial charge on any atom is -0.497 e. The number of carbonyl (C=O) groups is 2. The molecule has 0 radical (unpaired) electrons. The number of para-hydroxylation sites is 1. The number of hydrogen-bond donors (Lipinski definition) is 2. The highest BCUT2D eigenvalue weighted by molar-refractivity contribution is 6.34. The summed E-state index contributed by atoms with van der Waals surface area (Å²) >= 11 is 0. The molecule has 0 unspecified atom stereocenters. The lowest BCUT2D eigenvalue weighted by atomic mass is 10.0. The van der Waals surface area contributed by atoms with Gasteiger partial charge in [-0.25, -0.2) is 0 Å². The minimum absolute atomic E-state index is 0.131. The lowest BCUT2D eigenvalue weighted by molar-refractivity contribution is -0.110. The molecule has 1 heterocycles. The second-order valence-corrected chi connectivity index (χ2v) is 6.37. The molecule has 0 aliphatic carbocycles. The van der Waals surface area contributed by atoms with Crippen molar-refractivity contribution in [3.05, 3.63) is 89.5 Å². The van der Waals surface area contributed by atoms with Crippen LogP contribution in [0.1, 0.15) is 21.5 Å². The lowest BCUT2D eigenvalue weighted by Crippen LogP contribution is -2.11. The number of rotatable bonds is 4. The first-order chi connectivity index (χ1) is 13.6. The summed E-state index contributed by atoms with van der Waals surface area (Å²) in [6.07, 6.45) is 1.82. The van der Waals surface area contributed by atoms with Gasteiger partial charge in [0.1, 0.15) is 5.75 Å². The Morgan fingerprint density at radius 3 is 2.57 bits per heavy atom. The van der Waals surface area contributed by atoms with Crippen molar-refractivity contribution >= 4 is 34.8 Å². The summed E-state index contributed by atoms with van der Waals surface area (Å²) in [5.74, 6) is 0.352. The van der Waals surface area contributed by atoms with Crippen LogP contribution in [-0.4, -0.2) is 18.9 Å². The van der Waals surface area contributed by atoms with E-state index in [1.165, 1.54) is 0 Å². The molecule has 0 bridgehead atoms. The van der Waals surface area contributed by atoms with Gasteiger partial charge in [-0.2, -0.15) is 0 Å². The van der Waals surface area contributed by atoms with Crippen LogP contribution in [0.2, 0.25) is 0 Å². The standard InChI is InChI=1S/C23H18N2O3/c1-28-18-11-9-16(10-12-18)22(26)24-17-6-4-5-15(13-17)14-20-19-7-2-3-8-21(19)25-23(20)27/h2-14H,1H3,(H,24,26)(H,25,27)/b20-14-. The normalized spacial score (nSPS) is 13.8. The molecule has 3 aromatic rings. The Balaban J connectivity index is 1.56. The van der Waals surface area contributed by atoms with Crippen LogP contribution >= 0.6 is 0 Å². The van der Waals surface area contributed by atoms with Crippen LogP contribution < -0.4 is 15.4 Å². The summed E-state index contributed by atoms with van der Waals surface area (Å²) in [5.41, 5.74) is 4.31. The molecule has 5 nitrogen and oxygen atoms in total. The maximum atomic E-state index is 12.5. The van der Waals surface area contributed by atoms with Crippen LogP contribution in [0.5, 0.6) is 5.75 Å². The van der Waals surface area contributed by atoms with E-state index in [9.17, 15) is 9.59 Å². The Morgan fingerprint density at radius 1 is 1.00 bits per heavy atom. The van der Waals surface area contributed by atoms with Gasteiger partial charge in [-0.05, 0) is 54.1 Å². The Labute approximate surface area is 162 Å². The van der Waals surface area contributed by atoms with Crippen molar-refractivity contribution in [3.63, 3.8) is 0 Å². The van der Waals surface area contributed by atoms with Gasteiger partial charge in [0.05, 0.1) is 7.11 Å². The van der Waals surface area contributed by atoms with Gasteiger partial charge in [0.2, 0.25) is 0 Å². The zero-order valence-electron chi connectivity index (χ0n) is 15.2. The van der Waals surface area contributed by atoms with Gasteiger partial charge in [-0.3, -0.25) is 9.59 Å². The van der Waals surface area contributed by atoms with Crippen LogP contribution in [0.25, 0.3) is 11.6 Å². The lowest BCUT2D eigenvalue weighted by Gasteiger charge is -2.07. The third-order valence-electron chi connectivity index (χ3n) is 4.52. The molecular weight excluding hydrogens is 352 g/mol. The molecule has 2 N–H and O–H groups in total. The molecule has 0 saturated carbocycles. The van der Waals surface area contributed by atoms with E-state index in [4.69, 9.17) is 4.74 Å². The molecule has 138 valence electrons. The topological polar surface area (TPSA) is 67.4 Å². The van der Waals surface area contributed by atoms with E-state index in [0.29, 0.717) is 22.6 Å². The molecule has 0 fully saturated rings. The van der Waals surface area contributed by atoms with E-state index in [0.717, 1.165) is 16.8 Å². The highest BCUT2D eigenvalue weighted by Gasteiger charge is 2.23. The number of fused-ring (bicyclic) bond motifs is 1. The fraction of sp³-hybridized carbons (Fsp3) is 0.0435. The zero-order chi connectivity index (χ0) is 19.5. The SMILES string of the molecule is COc1ccc(C(=O)Nc2cccc(/C=C3\C(=O)Nc4ccccc43)c2)cc1. The van der Waals surface area contributed by atoms with Crippen molar-refractivity contribution in [2.75, 3.05) is 17.7 Å². The Bertz CT molecular complexity index is 1090. The number of ether oxygens (including phenoxy) is 1. The van der Waals surface area contributed by atoms with E-state index < -0.39 is 0 Å². The molecule has 4 rings (SSSR count). The van der Waals surface area contributed by atoms with Crippen LogP contribution in [0, 0.1) is 0 Å². The molecule has 5 heteroatoms. The van der Waals surface area contributed by atoms with Crippen molar-refractivity contribution in [1.29, 1.82) is 0 Å². The maximum Gasteiger partial charge on any atom is 0.256 e. The number of benzene rings is 3. The first-order valence-electron chi connectivity index (χ1n) is 8.82. The summed E-state index contributed by atoms with van der Waals surface area (Å²) in [4.78, 5) is 24.7. The van der Waals surface area contributed by atoms with E-state index in [1.807, 2.05) is 54.6 Å². The van der Waals surface area contributed by atoms with Gasteiger partial charge in [0.15, 0.2) is 0 Å². The number of hydrogen-bond acceptors (Lipinski definition) is 3. The molecule has 2 amide bonds. The van der Waals surface area contributed by atoms with Gasteiger partial charge >= 0.3 is 0 Å². The number of carbonyl (C=O) groups excluding carboxylic acids is 2. The molecule has 0 spiro atoms. The van der Waals surface area contributed by atoms with Crippen LogP contribution in [0.4, 0.5) is 11.4 Å². The minimum atomic E-state index is -0.212. The van der Waals surface area contributed by atoms with Crippen LogP contribution in [0.3, 0.4) is 0 Å². The molecule has 0 aromatic heterocycles. The highest BCUT2D eigenvalue weighted by atomic mass is 16.5. The fourth-order valence-electron chi connectivity index (χ4n) is 3.10. The maximum absolute atomic E-state index is 12.5. The van der Waals surface area contributed by atoms with Crippen LogP contribution in [-0.2, 0) is 4.79 Å². The average molecular weight is 370 g/mol. The second-order valence-electron chi connectivity index (χ2n) is 6.37. The summed E-state index contributed by atoms with van der Waals surface area (Å²) in [6, 6.07) is 21.9. The largest absolute Gasteiger partial charge is 0.497 e. The third-order valence-corrected chi connectivity index (χ3v) is 4.52. The Hall–Kier alpha value is -3.86. The number of methoxy groups -OCH3 is 1. The van der Waals surface area contributed by atoms with E-state index in [-0.39, 0.29) is 11.8 Å². The Kier molecular flexibility index (Phi) is 4.64. The second kappa shape index (κ2) is 7.40. The molecule has 0 saturated heterocycles. The zero-order valence-corrected chi connectivity index (χ0v) is 15.2. The summed E-state index contributed by atoms with van der Waals surface area (Å²) < 4.78 is 5.11. The number of nitrogens with one attached hydrogen (secondary N) is 2. The highest BCUT2D eigenvalue weighted by Crippen LogP contribution is 2.32. The first kappa shape index (κ1) is 17.5. The van der Waals surface area contributed by atoms with Gasteiger partial charge < -0.3 is 15.4 Å². The quantitative estimate of drug-likeness (QED) is 0.667. The summed E-state index contributed by atoms with van der Waals surface area (Å²) in [6.45, 7) is 0. The Morgan fingerprint density at radius 2 is 1.79 bits per heavy atom. The first-order valence-corrected chi connectivity index (χ1v) is 8.82.